The van der Waals surface area contributed by atoms with E-state index in [1.807, 2.05) is 18.2 Å². The van der Waals surface area contributed by atoms with Crippen LogP contribution in [0.3, 0.4) is 0 Å². The number of unbranched alkanes of at least 4 members (excludes halogenated alkanes) is 4. The minimum absolute atomic E-state index is 0.123. The van der Waals surface area contributed by atoms with Gasteiger partial charge in [-0.2, -0.15) is 0 Å². The van der Waals surface area contributed by atoms with Crippen LogP contribution in [-0.4, -0.2) is 5.11 Å². The zero-order valence-electron chi connectivity index (χ0n) is 10.2. The summed E-state index contributed by atoms with van der Waals surface area (Å²) < 4.78 is 0. The standard InChI is InChI=1S/C15H22O/c1-2-3-4-5-6-7-9-14-10-8-11-15(12-14)13-16/h7-12,16H,2-6,13H2,1H3. The molecule has 0 aliphatic rings. The lowest BCUT2D eigenvalue weighted by atomic mass is 10.1. The van der Waals surface area contributed by atoms with Crippen molar-refractivity contribution in [1.29, 1.82) is 0 Å². The molecule has 0 amide bonds. The van der Waals surface area contributed by atoms with Gasteiger partial charge in [0, 0.05) is 0 Å². The highest BCUT2D eigenvalue weighted by Crippen LogP contribution is 2.09. The number of allylic oxidation sites excluding steroid dienone is 1. The Balaban J connectivity index is 2.32. The summed E-state index contributed by atoms with van der Waals surface area (Å²) in [7, 11) is 0. The molecule has 0 saturated heterocycles. The Kier molecular flexibility index (Phi) is 6.59. The molecule has 0 saturated carbocycles. The van der Waals surface area contributed by atoms with E-state index in [9.17, 15) is 0 Å². The van der Waals surface area contributed by atoms with E-state index in [0.29, 0.717) is 0 Å². The maximum absolute atomic E-state index is 9.01. The normalized spacial score (nSPS) is 11.1. The average Bonchev–Trinajstić information content (AvgIpc) is 2.34. The molecule has 1 heteroatoms. The van der Waals surface area contributed by atoms with Gasteiger partial charge >= 0.3 is 0 Å². The predicted octanol–water partition coefficient (Wildman–Crippen LogP) is 4.16. The number of hydrogen-bond acceptors (Lipinski definition) is 1. The first-order valence-electron chi connectivity index (χ1n) is 6.23. The van der Waals surface area contributed by atoms with E-state index in [2.05, 4.69) is 25.1 Å². The van der Waals surface area contributed by atoms with Gasteiger partial charge in [0.1, 0.15) is 0 Å². The van der Waals surface area contributed by atoms with Gasteiger partial charge in [-0.1, -0.05) is 56.5 Å². The van der Waals surface area contributed by atoms with Gasteiger partial charge < -0.3 is 5.11 Å². The zero-order valence-corrected chi connectivity index (χ0v) is 10.2. The summed E-state index contributed by atoms with van der Waals surface area (Å²) >= 11 is 0. The number of aliphatic hydroxyl groups excluding tert-OH is 1. The second-order valence-electron chi connectivity index (χ2n) is 4.15. The third kappa shape index (κ3) is 5.13. The van der Waals surface area contributed by atoms with Gasteiger partial charge in [0.05, 0.1) is 6.61 Å². The Labute approximate surface area is 98.8 Å². The molecule has 1 aromatic carbocycles. The van der Waals surface area contributed by atoms with Crippen LogP contribution in [0.4, 0.5) is 0 Å². The highest BCUT2D eigenvalue weighted by Gasteiger charge is 1.90. The summed E-state index contributed by atoms with van der Waals surface area (Å²) in [6.45, 7) is 2.36. The van der Waals surface area contributed by atoms with Crippen molar-refractivity contribution in [1.82, 2.24) is 0 Å². The van der Waals surface area contributed by atoms with Crippen molar-refractivity contribution in [3.8, 4) is 0 Å². The molecule has 1 N–H and O–H groups in total. The number of hydrogen-bond donors (Lipinski definition) is 1. The summed E-state index contributed by atoms with van der Waals surface area (Å²) in [5.74, 6) is 0. The van der Waals surface area contributed by atoms with Crippen LogP contribution in [0.5, 0.6) is 0 Å². The minimum atomic E-state index is 0.123. The fraction of sp³-hybridized carbons (Fsp3) is 0.467. The van der Waals surface area contributed by atoms with Crippen molar-refractivity contribution in [3.63, 3.8) is 0 Å². The van der Waals surface area contributed by atoms with Gasteiger partial charge in [-0.05, 0) is 30.0 Å². The third-order valence-electron chi connectivity index (χ3n) is 2.67. The molecule has 0 radical (unpaired) electrons. The van der Waals surface area contributed by atoms with Crippen LogP contribution < -0.4 is 0 Å². The predicted molar refractivity (Wildman–Crippen MR) is 70.2 cm³/mol. The van der Waals surface area contributed by atoms with Crippen LogP contribution in [0.15, 0.2) is 30.3 Å². The van der Waals surface area contributed by atoms with E-state index in [4.69, 9.17) is 5.11 Å². The molecule has 1 rings (SSSR count). The summed E-state index contributed by atoms with van der Waals surface area (Å²) in [5.41, 5.74) is 2.16. The molecule has 0 aliphatic carbocycles. The lowest BCUT2D eigenvalue weighted by Gasteiger charge is -1.98. The van der Waals surface area contributed by atoms with Gasteiger partial charge in [0.15, 0.2) is 0 Å². The Morgan fingerprint density at radius 1 is 1.19 bits per heavy atom. The average molecular weight is 218 g/mol. The third-order valence-corrected chi connectivity index (χ3v) is 2.67. The Bertz CT molecular complexity index is 315. The van der Waals surface area contributed by atoms with Gasteiger partial charge in [0.2, 0.25) is 0 Å². The summed E-state index contributed by atoms with van der Waals surface area (Å²) in [4.78, 5) is 0. The van der Waals surface area contributed by atoms with Crippen molar-refractivity contribution in [2.24, 2.45) is 0 Å². The molecule has 1 aromatic rings. The van der Waals surface area contributed by atoms with E-state index in [1.165, 1.54) is 31.2 Å². The van der Waals surface area contributed by atoms with Crippen LogP contribution in [0.1, 0.15) is 50.2 Å². The fourth-order valence-corrected chi connectivity index (χ4v) is 1.70. The van der Waals surface area contributed by atoms with E-state index in [-0.39, 0.29) is 6.61 Å². The molecule has 0 heterocycles. The number of aliphatic hydroxyl groups is 1. The smallest absolute Gasteiger partial charge is 0.0682 e. The molecule has 88 valence electrons. The Morgan fingerprint density at radius 2 is 2.06 bits per heavy atom. The van der Waals surface area contributed by atoms with Gasteiger partial charge in [-0.15, -0.1) is 0 Å². The van der Waals surface area contributed by atoms with Crippen molar-refractivity contribution >= 4 is 6.08 Å². The van der Waals surface area contributed by atoms with Gasteiger partial charge in [-0.25, -0.2) is 0 Å². The highest BCUT2D eigenvalue weighted by atomic mass is 16.3. The monoisotopic (exact) mass is 218 g/mol. The lowest BCUT2D eigenvalue weighted by molar-refractivity contribution is 0.282. The summed E-state index contributed by atoms with van der Waals surface area (Å²) in [6.07, 6.45) is 10.8. The van der Waals surface area contributed by atoms with Crippen molar-refractivity contribution < 1.29 is 5.11 Å². The van der Waals surface area contributed by atoms with E-state index < -0.39 is 0 Å². The number of benzene rings is 1. The maximum atomic E-state index is 9.01. The SMILES string of the molecule is CCCCCCC=Cc1cccc(CO)c1. The first-order chi connectivity index (χ1) is 7.86. The molecule has 0 aliphatic heterocycles. The van der Waals surface area contributed by atoms with Crippen molar-refractivity contribution in [3.05, 3.63) is 41.5 Å². The minimum Gasteiger partial charge on any atom is -0.392 e. The van der Waals surface area contributed by atoms with Crippen LogP contribution in [0, 0.1) is 0 Å². The first kappa shape index (κ1) is 13.0. The number of rotatable bonds is 7. The molecule has 0 spiro atoms. The van der Waals surface area contributed by atoms with Crippen LogP contribution >= 0.6 is 0 Å². The summed E-state index contributed by atoms with van der Waals surface area (Å²) in [5, 5.41) is 9.01. The van der Waals surface area contributed by atoms with Crippen LogP contribution in [0.2, 0.25) is 0 Å². The molecule has 0 unspecified atom stereocenters. The van der Waals surface area contributed by atoms with E-state index in [1.54, 1.807) is 0 Å². The lowest BCUT2D eigenvalue weighted by Crippen LogP contribution is -1.82. The second kappa shape index (κ2) is 8.12. The quantitative estimate of drug-likeness (QED) is 0.681. The Hall–Kier alpha value is -1.08. The molecular weight excluding hydrogens is 196 g/mol. The van der Waals surface area contributed by atoms with Crippen LogP contribution in [0.25, 0.3) is 6.08 Å². The van der Waals surface area contributed by atoms with E-state index in [0.717, 1.165) is 12.0 Å². The van der Waals surface area contributed by atoms with Crippen molar-refractivity contribution in [2.45, 2.75) is 45.6 Å². The van der Waals surface area contributed by atoms with E-state index >= 15 is 0 Å². The Morgan fingerprint density at radius 3 is 2.81 bits per heavy atom. The molecule has 0 atom stereocenters. The molecule has 0 bridgehead atoms. The molecule has 0 fully saturated rings. The maximum Gasteiger partial charge on any atom is 0.0682 e. The van der Waals surface area contributed by atoms with Gasteiger partial charge in [-0.3, -0.25) is 0 Å². The molecule has 0 aromatic heterocycles. The molecular formula is C15H22O. The fourth-order valence-electron chi connectivity index (χ4n) is 1.70. The topological polar surface area (TPSA) is 20.2 Å². The molecule has 1 nitrogen and oxygen atoms in total. The van der Waals surface area contributed by atoms with Crippen molar-refractivity contribution in [2.75, 3.05) is 0 Å². The van der Waals surface area contributed by atoms with Gasteiger partial charge in [0.25, 0.3) is 0 Å². The molecule has 16 heavy (non-hydrogen) atoms. The largest absolute Gasteiger partial charge is 0.392 e. The zero-order chi connectivity index (χ0) is 11.6. The second-order valence-corrected chi connectivity index (χ2v) is 4.15. The summed E-state index contributed by atoms with van der Waals surface area (Å²) in [6, 6.07) is 8.03. The highest BCUT2D eigenvalue weighted by molar-refractivity contribution is 5.50. The first-order valence-corrected chi connectivity index (χ1v) is 6.23. The van der Waals surface area contributed by atoms with Crippen LogP contribution in [-0.2, 0) is 6.61 Å².